The van der Waals surface area contributed by atoms with Crippen LogP contribution in [0.4, 0.5) is 0 Å². The lowest BCUT2D eigenvalue weighted by Crippen LogP contribution is -2.51. The number of methoxy groups -OCH3 is 1. The van der Waals surface area contributed by atoms with Crippen LogP contribution in [0.2, 0.25) is 0 Å². The molecule has 0 saturated carbocycles. The Morgan fingerprint density at radius 2 is 2.25 bits per heavy atom. The van der Waals surface area contributed by atoms with Crippen LogP contribution >= 0.6 is 0 Å². The average molecular weight is 338 g/mol. The van der Waals surface area contributed by atoms with Crippen LogP contribution in [0.3, 0.4) is 0 Å². The number of likely N-dealkylation sites (tertiary alicyclic amines) is 1. The third-order valence-corrected chi connectivity index (χ3v) is 5.15. The first kappa shape index (κ1) is 19.0. The molecule has 1 amide bonds. The van der Waals surface area contributed by atoms with E-state index < -0.39 is 0 Å². The van der Waals surface area contributed by atoms with Crippen LogP contribution < -0.4 is 10.6 Å². The Kier molecular flexibility index (Phi) is 6.12. The van der Waals surface area contributed by atoms with E-state index in [1.807, 2.05) is 0 Å². The summed E-state index contributed by atoms with van der Waals surface area (Å²) >= 11 is 0. The summed E-state index contributed by atoms with van der Waals surface area (Å²) in [4.78, 5) is 18.9. The van der Waals surface area contributed by atoms with Gasteiger partial charge < -0.3 is 20.3 Å². The van der Waals surface area contributed by atoms with Crippen LogP contribution in [0.25, 0.3) is 0 Å². The van der Waals surface area contributed by atoms with Crippen molar-refractivity contribution in [3.8, 4) is 0 Å². The van der Waals surface area contributed by atoms with Crippen molar-refractivity contribution < 1.29 is 9.53 Å². The lowest BCUT2D eigenvalue weighted by molar-refractivity contribution is -0.119. The lowest BCUT2D eigenvalue weighted by Gasteiger charge is -2.41. The normalized spacial score (nSPS) is 26.6. The summed E-state index contributed by atoms with van der Waals surface area (Å²) in [6.45, 7) is 12.8. The third kappa shape index (κ3) is 4.62. The minimum absolute atomic E-state index is 0.0560. The van der Waals surface area contributed by atoms with Crippen LogP contribution in [0.15, 0.2) is 4.99 Å². The summed E-state index contributed by atoms with van der Waals surface area (Å²) in [5, 5.41) is 6.42. The molecule has 0 aromatic rings. The van der Waals surface area contributed by atoms with Gasteiger partial charge in [-0.25, -0.2) is 0 Å². The van der Waals surface area contributed by atoms with Crippen LogP contribution in [-0.2, 0) is 9.53 Å². The van der Waals surface area contributed by atoms with Crippen LogP contribution in [0.5, 0.6) is 0 Å². The zero-order chi connectivity index (χ0) is 17.8. The standard InChI is InChI=1S/C18H34N4O2/c1-6-19-16(20-11-14(24-5)17(2,3)4)22-9-7-8-18(13-22)10-15(23)21-12-18/h14H,6-13H2,1-5H3,(H,19,20)(H,21,23). The molecule has 24 heavy (non-hydrogen) atoms. The minimum Gasteiger partial charge on any atom is -0.379 e. The summed E-state index contributed by atoms with van der Waals surface area (Å²) in [5.74, 6) is 1.13. The molecule has 2 heterocycles. The maximum atomic E-state index is 11.7. The van der Waals surface area contributed by atoms with Gasteiger partial charge in [-0.2, -0.15) is 0 Å². The molecule has 2 aliphatic heterocycles. The van der Waals surface area contributed by atoms with E-state index in [0.29, 0.717) is 13.0 Å². The van der Waals surface area contributed by atoms with Crippen molar-refractivity contribution in [3.05, 3.63) is 0 Å². The maximum absolute atomic E-state index is 11.7. The van der Waals surface area contributed by atoms with Gasteiger partial charge in [0, 0.05) is 45.1 Å². The molecule has 2 aliphatic rings. The first-order valence-corrected chi connectivity index (χ1v) is 9.12. The highest BCUT2D eigenvalue weighted by molar-refractivity contribution is 5.81. The van der Waals surface area contributed by atoms with Gasteiger partial charge >= 0.3 is 0 Å². The number of hydrogen-bond acceptors (Lipinski definition) is 3. The molecule has 6 heteroatoms. The fourth-order valence-corrected chi connectivity index (χ4v) is 3.73. The largest absolute Gasteiger partial charge is 0.379 e. The van der Waals surface area contributed by atoms with E-state index in [2.05, 4.69) is 43.2 Å². The molecular weight excluding hydrogens is 304 g/mol. The molecule has 0 aromatic heterocycles. The molecule has 0 aliphatic carbocycles. The van der Waals surface area contributed by atoms with E-state index in [9.17, 15) is 4.79 Å². The third-order valence-electron chi connectivity index (χ3n) is 5.15. The van der Waals surface area contributed by atoms with Crippen molar-refractivity contribution in [3.63, 3.8) is 0 Å². The Morgan fingerprint density at radius 1 is 1.50 bits per heavy atom. The van der Waals surface area contributed by atoms with Crippen molar-refractivity contribution in [2.24, 2.45) is 15.8 Å². The molecule has 6 nitrogen and oxygen atoms in total. The highest BCUT2D eigenvalue weighted by Crippen LogP contribution is 2.36. The van der Waals surface area contributed by atoms with Crippen molar-refractivity contribution in [1.82, 2.24) is 15.5 Å². The number of carbonyl (C=O) groups is 1. The number of aliphatic imine (C=N–C) groups is 1. The van der Waals surface area contributed by atoms with Gasteiger partial charge in [0.25, 0.3) is 0 Å². The fraction of sp³-hybridized carbons (Fsp3) is 0.889. The second-order valence-electron chi connectivity index (χ2n) is 8.26. The highest BCUT2D eigenvalue weighted by atomic mass is 16.5. The zero-order valence-corrected chi connectivity index (χ0v) is 15.9. The molecule has 138 valence electrons. The number of amides is 1. The molecule has 0 bridgehead atoms. The van der Waals surface area contributed by atoms with Crippen LogP contribution in [0, 0.1) is 10.8 Å². The van der Waals surface area contributed by atoms with Gasteiger partial charge in [0.05, 0.1) is 12.6 Å². The molecular formula is C18H34N4O2. The molecule has 2 rings (SSSR count). The van der Waals surface area contributed by atoms with Gasteiger partial charge in [0.15, 0.2) is 5.96 Å². The Balaban J connectivity index is 2.08. The predicted octanol–water partition coefficient (Wildman–Crippen LogP) is 1.62. The zero-order valence-electron chi connectivity index (χ0n) is 15.9. The topological polar surface area (TPSA) is 66.0 Å². The maximum Gasteiger partial charge on any atom is 0.220 e. The lowest BCUT2D eigenvalue weighted by atomic mass is 9.79. The molecule has 1 spiro atoms. The van der Waals surface area contributed by atoms with Crippen molar-refractivity contribution in [1.29, 1.82) is 0 Å². The second-order valence-corrected chi connectivity index (χ2v) is 8.26. The first-order valence-electron chi connectivity index (χ1n) is 9.12. The van der Waals surface area contributed by atoms with E-state index in [1.165, 1.54) is 0 Å². The van der Waals surface area contributed by atoms with E-state index in [0.717, 1.165) is 45.0 Å². The molecule has 2 saturated heterocycles. The Labute approximate surface area is 146 Å². The highest BCUT2D eigenvalue weighted by Gasteiger charge is 2.42. The quantitative estimate of drug-likeness (QED) is 0.604. The van der Waals surface area contributed by atoms with Gasteiger partial charge in [-0.15, -0.1) is 0 Å². The van der Waals surface area contributed by atoms with Gasteiger partial charge in [-0.05, 0) is 25.2 Å². The van der Waals surface area contributed by atoms with Gasteiger partial charge in [0.1, 0.15) is 0 Å². The predicted molar refractivity (Wildman–Crippen MR) is 97.1 cm³/mol. The number of piperidine rings is 1. The molecule has 2 fully saturated rings. The monoisotopic (exact) mass is 338 g/mol. The minimum atomic E-state index is 0.0560. The summed E-state index contributed by atoms with van der Waals surface area (Å²) < 4.78 is 5.63. The van der Waals surface area contributed by atoms with Crippen molar-refractivity contribution in [2.75, 3.05) is 39.8 Å². The first-order chi connectivity index (χ1) is 11.3. The van der Waals surface area contributed by atoms with E-state index in [4.69, 9.17) is 9.73 Å². The van der Waals surface area contributed by atoms with Crippen LogP contribution in [0.1, 0.15) is 47.0 Å². The smallest absolute Gasteiger partial charge is 0.220 e. The molecule has 0 aromatic carbocycles. The summed E-state index contributed by atoms with van der Waals surface area (Å²) in [5.41, 5.74) is 0.136. The summed E-state index contributed by atoms with van der Waals surface area (Å²) in [7, 11) is 1.75. The number of nitrogens with zero attached hydrogens (tertiary/aromatic N) is 2. The van der Waals surface area contributed by atoms with Gasteiger partial charge in [0.2, 0.25) is 5.91 Å². The van der Waals surface area contributed by atoms with Crippen molar-refractivity contribution in [2.45, 2.75) is 53.1 Å². The van der Waals surface area contributed by atoms with Gasteiger partial charge in [-0.3, -0.25) is 9.79 Å². The average Bonchev–Trinajstić information content (AvgIpc) is 2.85. The van der Waals surface area contributed by atoms with E-state index >= 15 is 0 Å². The number of carbonyl (C=O) groups excluding carboxylic acids is 1. The SMILES string of the molecule is CCNC(=NCC(OC)C(C)(C)C)N1CCCC2(CNC(=O)C2)C1. The number of guanidine groups is 1. The van der Waals surface area contributed by atoms with E-state index in [-0.39, 0.29) is 22.8 Å². The number of rotatable bonds is 4. The second kappa shape index (κ2) is 7.72. The Bertz CT molecular complexity index is 472. The number of nitrogens with one attached hydrogen (secondary N) is 2. The number of hydrogen-bond donors (Lipinski definition) is 2. The van der Waals surface area contributed by atoms with Crippen molar-refractivity contribution >= 4 is 11.9 Å². The molecule has 2 atom stereocenters. The summed E-state index contributed by atoms with van der Waals surface area (Å²) in [6.07, 6.45) is 2.95. The number of ether oxygens (including phenoxy) is 1. The molecule has 2 N–H and O–H groups in total. The molecule has 2 unspecified atom stereocenters. The van der Waals surface area contributed by atoms with Gasteiger partial charge in [-0.1, -0.05) is 20.8 Å². The Morgan fingerprint density at radius 3 is 2.79 bits per heavy atom. The molecule has 0 radical (unpaired) electrons. The van der Waals surface area contributed by atoms with Crippen LogP contribution in [-0.4, -0.2) is 62.7 Å². The summed E-state index contributed by atoms with van der Waals surface area (Å²) in [6, 6.07) is 0. The fourth-order valence-electron chi connectivity index (χ4n) is 3.73. The van der Waals surface area contributed by atoms with E-state index in [1.54, 1.807) is 7.11 Å². The Hall–Kier alpha value is -1.30.